The van der Waals surface area contributed by atoms with Gasteiger partial charge in [0, 0.05) is 12.2 Å². The number of hydrogen-bond donors (Lipinski definition) is 2. The number of carboxylic acid groups (broad SMARTS) is 1. The van der Waals surface area contributed by atoms with E-state index in [1.54, 1.807) is 0 Å². The van der Waals surface area contributed by atoms with Crippen molar-refractivity contribution in [3.05, 3.63) is 29.3 Å². The van der Waals surface area contributed by atoms with Gasteiger partial charge in [-0.15, -0.1) is 0 Å². The molecule has 2 N–H and O–H groups in total. The summed E-state index contributed by atoms with van der Waals surface area (Å²) in [5.41, 5.74) is 2.93. The molecule has 0 aromatic heterocycles. The predicted octanol–water partition coefficient (Wildman–Crippen LogP) is 0.626. The van der Waals surface area contributed by atoms with E-state index in [4.69, 9.17) is 10.2 Å². The smallest absolute Gasteiger partial charge is 0.323 e. The zero-order valence-corrected chi connectivity index (χ0v) is 8.31. The van der Waals surface area contributed by atoms with Crippen LogP contribution in [0.1, 0.15) is 11.1 Å². The number of anilines is 1. The van der Waals surface area contributed by atoms with Crippen LogP contribution in [-0.4, -0.2) is 29.3 Å². The number of carboxylic acids is 1. The number of aliphatic hydroxyl groups is 1. The molecule has 0 unspecified atom stereocenters. The molecule has 1 aromatic rings. The lowest BCUT2D eigenvalue weighted by Gasteiger charge is -2.16. The van der Waals surface area contributed by atoms with Gasteiger partial charge in [-0.3, -0.25) is 4.79 Å². The summed E-state index contributed by atoms with van der Waals surface area (Å²) in [6, 6.07) is 5.71. The van der Waals surface area contributed by atoms with Crippen LogP contribution in [0.2, 0.25) is 0 Å². The molecule has 1 aliphatic heterocycles. The van der Waals surface area contributed by atoms with Crippen molar-refractivity contribution in [3.8, 4) is 0 Å². The van der Waals surface area contributed by atoms with Crippen molar-refractivity contribution in [2.75, 3.05) is 18.0 Å². The Labute approximate surface area is 87.8 Å². The van der Waals surface area contributed by atoms with Crippen LogP contribution < -0.4 is 4.90 Å². The monoisotopic (exact) mass is 207 g/mol. The Morgan fingerprint density at radius 1 is 1.47 bits per heavy atom. The zero-order chi connectivity index (χ0) is 10.8. The summed E-state index contributed by atoms with van der Waals surface area (Å²) in [5, 5.41) is 17.7. The molecule has 4 nitrogen and oxygen atoms in total. The van der Waals surface area contributed by atoms with Crippen LogP contribution in [0.5, 0.6) is 0 Å². The van der Waals surface area contributed by atoms with Crippen LogP contribution in [0.15, 0.2) is 18.2 Å². The molecule has 0 fully saturated rings. The third-order valence-electron chi connectivity index (χ3n) is 2.65. The Morgan fingerprint density at radius 3 is 2.93 bits per heavy atom. The average Bonchev–Trinajstić information content (AvgIpc) is 2.60. The predicted molar refractivity (Wildman–Crippen MR) is 55.9 cm³/mol. The standard InChI is InChI=1S/C11H13NO3/c13-7-8-1-2-9-3-4-12(6-11(14)15)10(9)5-8/h1-2,5,13H,3-4,6-7H2,(H,14,15). The van der Waals surface area contributed by atoms with Crippen LogP contribution >= 0.6 is 0 Å². The normalized spacial score (nSPS) is 14.1. The third kappa shape index (κ3) is 1.94. The zero-order valence-electron chi connectivity index (χ0n) is 8.31. The first-order chi connectivity index (χ1) is 7.20. The van der Waals surface area contributed by atoms with E-state index in [1.807, 2.05) is 23.1 Å². The maximum absolute atomic E-state index is 10.6. The van der Waals surface area contributed by atoms with Gasteiger partial charge < -0.3 is 15.1 Å². The number of rotatable bonds is 3. The number of aliphatic carboxylic acids is 1. The quantitative estimate of drug-likeness (QED) is 0.763. The average molecular weight is 207 g/mol. The highest BCUT2D eigenvalue weighted by Gasteiger charge is 2.20. The largest absolute Gasteiger partial charge is 0.480 e. The van der Waals surface area contributed by atoms with Gasteiger partial charge in [0.25, 0.3) is 0 Å². The van der Waals surface area contributed by atoms with Crippen molar-refractivity contribution in [1.29, 1.82) is 0 Å². The summed E-state index contributed by atoms with van der Waals surface area (Å²) >= 11 is 0. The molecule has 0 bridgehead atoms. The fraction of sp³-hybridized carbons (Fsp3) is 0.364. The summed E-state index contributed by atoms with van der Waals surface area (Å²) in [4.78, 5) is 12.5. The first kappa shape index (κ1) is 9.98. The number of fused-ring (bicyclic) bond motifs is 1. The van der Waals surface area contributed by atoms with Crippen molar-refractivity contribution in [2.45, 2.75) is 13.0 Å². The minimum atomic E-state index is -0.822. The fourth-order valence-corrected chi connectivity index (χ4v) is 1.92. The third-order valence-corrected chi connectivity index (χ3v) is 2.65. The van der Waals surface area contributed by atoms with Gasteiger partial charge in [-0.1, -0.05) is 12.1 Å². The van der Waals surface area contributed by atoms with E-state index in [-0.39, 0.29) is 13.2 Å². The van der Waals surface area contributed by atoms with Gasteiger partial charge in [0.15, 0.2) is 0 Å². The van der Waals surface area contributed by atoms with E-state index in [0.29, 0.717) is 0 Å². The number of nitrogens with zero attached hydrogens (tertiary/aromatic N) is 1. The second-order valence-electron chi connectivity index (χ2n) is 3.69. The van der Waals surface area contributed by atoms with Crippen LogP contribution in [0.3, 0.4) is 0 Å². The van der Waals surface area contributed by atoms with Gasteiger partial charge in [0.2, 0.25) is 0 Å². The molecular formula is C11H13NO3. The lowest BCUT2D eigenvalue weighted by molar-refractivity contribution is -0.135. The van der Waals surface area contributed by atoms with Gasteiger partial charge in [0.1, 0.15) is 6.54 Å². The highest BCUT2D eigenvalue weighted by molar-refractivity contribution is 5.75. The maximum Gasteiger partial charge on any atom is 0.323 e. The Bertz CT molecular complexity index is 389. The summed E-state index contributed by atoms with van der Waals surface area (Å²) in [5.74, 6) is -0.822. The number of aliphatic hydroxyl groups excluding tert-OH is 1. The molecular weight excluding hydrogens is 194 g/mol. The Kier molecular flexibility index (Phi) is 2.60. The van der Waals surface area contributed by atoms with Crippen molar-refractivity contribution in [1.82, 2.24) is 0 Å². The topological polar surface area (TPSA) is 60.8 Å². The molecule has 0 amide bonds. The number of benzene rings is 1. The fourth-order valence-electron chi connectivity index (χ4n) is 1.92. The van der Waals surface area contributed by atoms with Crippen LogP contribution in [0.25, 0.3) is 0 Å². The van der Waals surface area contributed by atoms with Gasteiger partial charge in [-0.2, -0.15) is 0 Å². The first-order valence-corrected chi connectivity index (χ1v) is 4.90. The Morgan fingerprint density at radius 2 is 2.27 bits per heavy atom. The minimum Gasteiger partial charge on any atom is -0.480 e. The highest BCUT2D eigenvalue weighted by Crippen LogP contribution is 2.28. The molecule has 80 valence electrons. The van der Waals surface area contributed by atoms with Crippen LogP contribution in [0.4, 0.5) is 5.69 Å². The molecule has 1 heterocycles. The van der Waals surface area contributed by atoms with Gasteiger partial charge in [0.05, 0.1) is 6.61 Å². The SMILES string of the molecule is O=C(O)CN1CCc2ccc(CO)cc21. The van der Waals surface area contributed by atoms with Gasteiger partial charge >= 0.3 is 5.97 Å². The highest BCUT2D eigenvalue weighted by atomic mass is 16.4. The molecule has 0 aliphatic carbocycles. The maximum atomic E-state index is 10.6. The van der Waals surface area contributed by atoms with Crippen molar-refractivity contribution in [3.63, 3.8) is 0 Å². The molecule has 0 saturated carbocycles. The van der Waals surface area contributed by atoms with Crippen molar-refractivity contribution < 1.29 is 15.0 Å². The lowest BCUT2D eigenvalue weighted by atomic mass is 10.1. The number of hydrogen-bond acceptors (Lipinski definition) is 3. The Balaban J connectivity index is 2.27. The summed E-state index contributed by atoms with van der Waals surface area (Å²) in [6.07, 6.45) is 0.883. The summed E-state index contributed by atoms with van der Waals surface area (Å²) in [7, 11) is 0. The summed E-state index contributed by atoms with van der Waals surface area (Å²) < 4.78 is 0. The second-order valence-corrected chi connectivity index (χ2v) is 3.69. The summed E-state index contributed by atoms with van der Waals surface area (Å²) in [6.45, 7) is 0.770. The molecule has 0 radical (unpaired) electrons. The number of carbonyl (C=O) groups is 1. The van der Waals surface area contributed by atoms with Gasteiger partial charge in [-0.25, -0.2) is 0 Å². The molecule has 15 heavy (non-hydrogen) atoms. The van der Waals surface area contributed by atoms with Crippen molar-refractivity contribution in [2.24, 2.45) is 0 Å². The minimum absolute atomic E-state index is 0.00576. The van der Waals surface area contributed by atoms with E-state index in [0.717, 1.165) is 29.8 Å². The molecule has 1 aliphatic rings. The van der Waals surface area contributed by atoms with E-state index in [2.05, 4.69) is 0 Å². The lowest BCUT2D eigenvalue weighted by Crippen LogP contribution is -2.27. The van der Waals surface area contributed by atoms with E-state index < -0.39 is 5.97 Å². The van der Waals surface area contributed by atoms with Crippen LogP contribution in [-0.2, 0) is 17.8 Å². The molecule has 0 atom stereocenters. The van der Waals surface area contributed by atoms with E-state index >= 15 is 0 Å². The molecule has 4 heteroatoms. The van der Waals surface area contributed by atoms with E-state index in [1.165, 1.54) is 0 Å². The molecule has 0 saturated heterocycles. The van der Waals surface area contributed by atoms with Crippen molar-refractivity contribution >= 4 is 11.7 Å². The van der Waals surface area contributed by atoms with E-state index in [9.17, 15) is 4.79 Å². The molecule has 1 aromatic carbocycles. The molecule has 0 spiro atoms. The molecule has 2 rings (SSSR count). The van der Waals surface area contributed by atoms with Crippen LogP contribution in [0, 0.1) is 0 Å². The Hall–Kier alpha value is -1.55. The first-order valence-electron chi connectivity index (χ1n) is 4.90. The second kappa shape index (κ2) is 3.90. The van der Waals surface area contributed by atoms with Gasteiger partial charge in [-0.05, 0) is 23.6 Å².